The van der Waals surface area contributed by atoms with Crippen LogP contribution in [0.2, 0.25) is 0 Å². The van der Waals surface area contributed by atoms with Crippen molar-refractivity contribution >= 4 is 23.2 Å². The molecule has 2 heterocycles. The zero-order valence-electron chi connectivity index (χ0n) is 10.3. The van der Waals surface area contributed by atoms with Crippen LogP contribution in [0.5, 0.6) is 0 Å². The number of alkyl halides is 1. The summed E-state index contributed by atoms with van der Waals surface area (Å²) in [5, 5.41) is 10.2. The van der Waals surface area contributed by atoms with Crippen LogP contribution >= 0.6 is 11.6 Å². The van der Waals surface area contributed by atoms with E-state index in [9.17, 15) is 9.59 Å². The summed E-state index contributed by atoms with van der Waals surface area (Å²) in [5.41, 5.74) is -0.187. The van der Waals surface area contributed by atoms with Crippen molar-refractivity contribution in [2.75, 3.05) is 12.4 Å². The minimum Gasteiger partial charge on any atom is -0.351 e. The molecule has 1 amide bonds. The average molecular weight is 285 g/mol. The van der Waals surface area contributed by atoms with Crippen LogP contribution < -0.4 is 11.0 Å². The second-order valence-electron chi connectivity index (χ2n) is 3.83. The lowest BCUT2D eigenvalue weighted by atomic mass is 10.4. The number of rotatable bonds is 5. The van der Waals surface area contributed by atoms with Crippen LogP contribution in [0.25, 0.3) is 5.65 Å². The fourth-order valence-electron chi connectivity index (χ4n) is 1.54. The van der Waals surface area contributed by atoms with E-state index in [1.54, 1.807) is 0 Å². The van der Waals surface area contributed by atoms with E-state index in [2.05, 4.69) is 20.6 Å². The van der Waals surface area contributed by atoms with E-state index in [0.717, 1.165) is 11.1 Å². The Morgan fingerprint density at radius 2 is 2.32 bits per heavy atom. The maximum atomic E-state index is 12.0. The highest BCUT2D eigenvalue weighted by Gasteiger charge is 2.16. The van der Waals surface area contributed by atoms with Gasteiger partial charge in [0.15, 0.2) is 11.3 Å². The second-order valence-corrected chi connectivity index (χ2v) is 4.20. The SMILES string of the molecule is CCCNC(=O)c1ncn2c(=O)n(CCCl)nnc12. The van der Waals surface area contributed by atoms with Gasteiger partial charge in [0.1, 0.15) is 6.33 Å². The van der Waals surface area contributed by atoms with Crippen molar-refractivity contribution in [3.05, 3.63) is 22.5 Å². The quantitative estimate of drug-likeness (QED) is 0.758. The van der Waals surface area contributed by atoms with Gasteiger partial charge in [0.25, 0.3) is 5.91 Å². The number of amides is 1. The van der Waals surface area contributed by atoms with Crippen LogP contribution in [0.4, 0.5) is 0 Å². The first-order valence-electron chi connectivity index (χ1n) is 5.84. The maximum absolute atomic E-state index is 12.0. The number of nitrogens with zero attached hydrogens (tertiary/aromatic N) is 5. The lowest BCUT2D eigenvalue weighted by Crippen LogP contribution is -2.31. The third-order valence-corrected chi connectivity index (χ3v) is 2.63. The molecule has 1 N–H and O–H groups in total. The smallest absolute Gasteiger partial charge is 0.351 e. The molecular formula is C10H13ClN6O2. The summed E-state index contributed by atoms with van der Waals surface area (Å²) in [4.78, 5) is 27.7. The monoisotopic (exact) mass is 284 g/mol. The van der Waals surface area contributed by atoms with Crippen LogP contribution in [0.15, 0.2) is 11.1 Å². The number of hydrogen-bond donors (Lipinski definition) is 1. The van der Waals surface area contributed by atoms with Crippen LogP contribution in [0, 0.1) is 0 Å². The number of nitrogens with one attached hydrogen (secondary N) is 1. The summed E-state index contributed by atoms with van der Waals surface area (Å²) in [6.45, 7) is 2.73. The van der Waals surface area contributed by atoms with Crippen molar-refractivity contribution in [1.82, 2.24) is 29.7 Å². The first-order valence-corrected chi connectivity index (χ1v) is 6.37. The molecule has 0 fully saturated rings. The minimum atomic E-state index is -0.423. The van der Waals surface area contributed by atoms with E-state index in [1.807, 2.05) is 6.92 Å². The minimum absolute atomic E-state index is 0.0936. The van der Waals surface area contributed by atoms with Gasteiger partial charge in [-0.3, -0.25) is 4.79 Å². The Labute approximate surface area is 113 Å². The molecular weight excluding hydrogens is 272 g/mol. The van der Waals surface area contributed by atoms with E-state index in [0.29, 0.717) is 6.54 Å². The molecule has 102 valence electrons. The molecule has 0 atom stereocenters. The lowest BCUT2D eigenvalue weighted by molar-refractivity contribution is 0.0950. The molecule has 0 unspecified atom stereocenters. The lowest BCUT2D eigenvalue weighted by Gasteiger charge is -2.02. The maximum Gasteiger partial charge on any atom is 0.353 e. The molecule has 8 nitrogen and oxygen atoms in total. The molecule has 0 aliphatic heterocycles. The first-order chi connectivity index (χ1) is 9.19. The second kappa shape index (κ2) is 5.79. The summed E-state index contributed by atoms with van der Waals surface area (Å²) in [6, 6.07) is 0. The summed E-state index contributed by atoms with van der Waals surface area (Å²) >= 11 is 5.56. The van der Waals surface area contributed by atoms with Gasteiger partial charge in [0.05, 0.1) is 6.54 Å². The largest absolute Gasteiger partial charge is 0.353 e. The number of halogens is 1. The van der Waals surface area contributed by atoms with Crippen molar-refractivity contribution in [2.24, 2.45) is 0 Å². The fourth-order valence-corrected chi connectivity index (χ4v) is 1.70. The highest BCUT2D eigenvalue weighted by molar-refractivity contribution is 6.17. The van der Waals surface area contributed by atoms with Crippen molar-refractivity contribution in [3.8, 4) is 0 Å². The molecule has 0 aliphatic rings. The van der Waals surface area contributed by atoms with Crippen LogP contribution in [-0.2, 0) is 6.54 Å². The Morgan fingerprint density at radius 3 is 3.00 bits per heavy atom. The molecule has 0 aromatic carbocycles. The molecule has 0 bridgehead atoms. The Hall–Kier alpha value is -1.96. The highest BCUT2D eigenvalue weighted by Crippen LogP contribution is 2.02. The summed E-state index contributed by atoms with van der Waals surface area (Å²) < 4.78 is 2.30. The van der Waals surface area contributed by atoms with E-state index in [1.165, 1.54) is 10.7 Å². The Morgan fingerprint density at radius 1 is 1.53 bits per heavy atom. The van der Waals surface area contributed by atoms with Gasteiger partial charge in [-0.1, -0.05) is 12.1 Å². The van der Waals surface area contributed by atoms with Crippen LogP contribution in [-0.4, -0.2) is 42.7 Å². The van der Waals surface area contributed by atoms with Crippen molar-refractivity contribution in [2.45, 2.75) is 19.9 Å². The number of aromatic nitrogens is 5. The van der Waals surface area contributed by atoms with Crippen molar-refractivity contribution in [1.29, 1.82) is 0 Å². The standard InChI is InChI=1S/C10H13ClN6O2/c1-2-4-12-9(18)7-8-14-15-17(5-3-11)10(19)16(8)6-13-7/h6H,2-5H2,1H3,(H,12,18). The fraction of sp³-hybridized carbons (Fsp3) is 0.500. The van der Waals surface area contributed by atoms with Gasteiger partial charge < -0.3 is 5.32 Å². The van der Waals surface area contributed by atoms with Gasteiger partial charge in [-0.05, 0) is 6.42 Å². The zero-order chi connectivity index (χ0) is 13.8. The first kappa shape index (κ1) is 13.5. The van der Waals surface area contributed by atoms with E-state index in [-0.39, 0.29) is 29.7 Å². The molecule has 0 saturated carbocycles. The molecule has 2 aromatic heterocycles. The Balaban J connectivity index is 2.42. The van der Waals surface area contributed by atoms with Crippen molar-refractivity contribution in [3.63, 3.8) is 0 Å². The van der Waals surface area contributed by atoms with E-state index in [4.69, 9.17) is 11.6 Å². The number of fused-ring (bicyclic) bond motifs is 1. The number of hydrogen-bond acceptors (Lipinski definition) is 5. The zero-order valence-corrected chi connectivity index (χ0v) is 11.1. The third kappa shape index (κ3) is 2.58. The van der Waals surface area contributed by atoms with Crippen molar-refractivity contribution < 1.29 is 4.79 Å². The molecule has 0 saturated heterocycles. The predicted molar refractivity (Wildman–Crippen MR) is 68.4 cm³/mol. The molecule has 0 spiro atoms. The number of imidazole rings is 1. The molecule has 0 aliphatic carbocycles. The van der Waals surface area contributed by atoms with Gasteiger partial charge in [0, 0.05) is 12.4 Å². The molecule has 9 heteroatoms. The van der Waals surface area contributed by atoms with Crippen LogP contribution in [0.3, 0.4) is 0 Å². The number of carbonyl (C=O) groups excluding carboxylic acids is 1. The molecule has 0 radical (unpaired) electrons. The van der Waals surface area contributed by atoms with Gasteiger partial charge >= 0.3 is 5.69 Å². The molecule has 2 aromatic rings. The topological polar surface area (TPSA) is 94.2 Å². The van der Waals surface area contributed by atoms with Gasteiger partial charge in [-0.25, -0.2) is 14.2 Å². The van der Waals surface area contributed by atoms with Gasteiger partial charge in [0.2, 0.25) is 0 Å². The van der Waals surface area contributed by atoms with E-state index >= 15 is 0 Å². The molecule has 2 rings (SSSR count). The molecule has 19 heavy (non-hydrogen) atoms. The number of carbonyl (C=O) groups is 1. The Kier molecular flexibility index (Phi) is 4.10. The number of aryl methyl sites for hydroxylation is 1. The normalized spacial score (nSPS) is 10.8. The van der Waals surface area contributed by atoms with Gasteiger partial charge in [-0.15, -0.1) is 16.7 Å². The summed E-state index contributed by atoms with van der Waals surface area (Å²) in [7, 11) is 0. The van der Waals surface area contributed by atoms with Crippen LogP contribution in [0.1, 0.15) is 23.8 Å². The Bertz CT molecular complexity index is 649. The summed E-state index contributed by atoms with van der Waals surface area (Å²) in [5.74, 6) is -0.119. The predicted octanol–water partition coefficient (Wildman–Crippen LogP) is -0.335. The van der Waals surface area contributed by atoms with Gasteiger partial charge in [-0.2, -0.15) is 4.68 Å². The summed E-state index contributed by atoms with van der Waals surface area (Å²) in [6.07, 6.45) is 2.07. The third-order valence-electron chi connectivity index (χ3n) is 2.46. The van der Waals surface area contributed by atoms with E-state index < -0.39 is 5.69 Å². The average Bonchev–Trinajstić information content (AvgIpc) is 2.84. The highest BCUT2D eigenvalue weighted by atomic mass is 35.5.